The van der Waals surface area contributed by atoms with Crippen molar-refractivity contribution >= 4 is 38.2 Å². The fourth-order valence-corrected chi connectivity index (χ4v) is 4.23. The van der Waals surface area contributed by atoms with Crippen LogP contribution in [0.2, 0.25) is 0 Å². The molecule has 0 bridgehead atoms. The molecule has 0 unspecified atom stereocenters. The van der Waals surface area contributed by atoms with Crippen molar-refractivity contribution in [3.63, 3.8) is 0 Å². The van der Waals surface area contributed by atoms with Crippen LogP contribution in [0.5, 0.6) is 0 Å². The van der Waals surface area contributed by atoms with E-state index < -0.39 is 26.6 Å². The van der Waals surface area contributed by atoms with E-state index in [0.29, 0.717) is 10.6 Å². The molecule has 1 saturated carbocycles. The highest BCUT2D eigenvalue weighted by molar-refractivity contribution is 7.89. The molecule has 0 atom stereocenters. The second-order valence-corrected chi connectivity index (χ2v) is 8.80. The smallest absolute Gasteiger partial charge is 0.256 e. The van der Waals surface area contributed by atoms with Crippen LogP contribution >= 0.6 is 11.3 Å². The third kappa shape index (κ3) is 4.64. The molecule has 3 rings (SSSR count). The first-order chi connectivity index (χ1) is 13.3. The van der Waals surface area contributed by atoms with Crippen molar-refractivity contribution in [3.05, 3.63) is 59.2 Å². The van der Waals surface area contributed by atoms with Gasteiger partial charge in [0.15, 0.2) is 0 Å². The lowest BCUT2D eigenvalue weighted by Crippen LogP contribution is -2.26. The van der Waals surface area contributed by atoms with Gasteiger partial charge < -0.3 is 10.6 Å². The first-order valence-corrected chi connectivity index (χ1v) is 10.8. The number of carbonyl (C=O) groups excluding carboxylic acids is 2. The van der Waals surface area contributed by atoms with E-state index in [1.54, 1.807) is 11.4 Å². The van der Waals surface area contributed by atoms with Crippen molar-refractivity contribution in [1.29, 1.82) is 0 Å². The van der Waals surface area contributed by atoms with Crippen LogP contribution in [-0.4, -0.2) is 32.8 Å². The number of halogens is 1. The lowest BCUT2D eigenvalue weighted by atomic mass is 10.2. The molecule has 0 spiro atoms. The van der Waals surface area contributed by atoms with E-state index in [1.165, 1.54) is 12.1 Å². The van der Waals surface area contributed by atoms with Crippen LogP contribution in [0.25, 0.3) is 0 Å². The van der Waals surface area contributed by atoms with E-state index in [0.717, 1.165) is 36.3 Å². The monoisotopic (exact) mass is 423 g/mol. The van der Waals surface area contributed by atoms with Crippen molar-refractivity contribution in [2.75, 3.05) is 11.9 Å². The van der Waals surface area contributed by atoms with Gasteiger partial charge in [-0.3, -0.25) is 9.59 Å². The first-order valence-electron chi connectivity index (χ1n) is 8.41. The molecule has 1 aromatic carbocycles. The molecule has 7 nitrogen and oxygen atoms in total. The third-order valence-corrected chi connectivity index (χ3v) is 6.22. The van der Waals surface area contributed by atoms with Crippen molar-refractivity contribution in [2.45, 2.75) is 23.8 Å². The van der Waals surface area contributed by atoms with Gasteiger partial charge in [0.05, 0.1) is 5.56 Å². The van der Waals surface area contributed by atoms with Crippen LogP contribution in [-0.2, 0) is 10.0 Å². The molecule has 0 radical (unpaired) electrons. The van der Waals surface area contributed by atoms with Gasteiger partial charge in [0.2, 0.25) is 10.0 Å². The zero-order valence-electron chi connectivity index (χ0n) is 14.7. The number of anilines is 1. The second-order valence-electron chi connectivity index (χ2n) is 6.15. The normalized spacial score (nSPS) is 13.8. The Hall–Kier alpha value is -2.56. The van der Waals surface area contributed by atoms with Crippen LogP contribution in [0, 0.1) is 5.82 Å². The Labute approximate surface area is 165 Å². The Morgan fingerprint density at radius 3 is 2.68 bits per heavy atom. The molecule has 2 aromatic rings. The fourth-order valence-electron chi connectivity index (χ4n) is 2.35. The number of nitrogens with one attached hydrogen (secondary N) is 3. The Balaban J connectivity index is 1.80. The summed E-state index contributed by atoms with van der Waals surface area (Å²) in [6.07, 6.45) is 3.19. The predicted molar refractivity (Wildman–Crippen MR) is 105 cm³/mol. The SMILES string of the molecule is C=CCNS(=O)(=O)c1cc(C(=O)Nc2sccc2C(=O)NC2CC2)ccc1F. The summed E-state index contributed by atoms with van der Waals surface area (Å²) in [5, 5.41) is 7.42. The summed E-state index contributed by atoms with van der Waals surface area (Å²) >= 11 is 1.16. The number of rotatable bonds is 8. The summed E-state index contributed by atoms with van der Waals surface area (Å²) in [7, 11) is -4.14. The van der Waals surface area contributed by atoms with E-state index in [1.807, 2.05) is 0 Å². The Bertz CT molecular complexity index is 1030. The summed E-state index contributed by atoms with van der Waals surface area (Å²) in [4.78, 5) is 24.1. The summed E-state index contributed by atoms with van der Waals surface area (Å²) in [6.45, 7) is 3.32. The minimum atomic E-state index is -4.14. The van der Waals surface area contributed by atoms with Crippen molar-refractivity contribution < 1.29 is 22.4 Å². The van der Waals surface area contributed by atoms with Crippen LogP contribution in [0.15, 0.2) is 47.2 Å². The third-order valence-electron chi connectivity index (χ3n) is 3.95. The fraction of sp³-hybridized carbons (Fsp3) is 0.222. The van der Waals surface area contributed by atoms with Crippen molar-refractivity contribution in [3.8, 4) is 0 Å². The van der Waals surface area contributed by atoms with Gasteiger partial charge in [-0.25, -0.2) is 17.5 Å². The number of thiophene rings is 1. The molecule has 28 heavy (non-hydrogen) atoms. The molecule has 1 heterocycles. The predicted octanol–water partition coefficient (Wildman–Crippen LogP) is 2.50. The van der Waals surface area contributed by atoms with Crippen LogP contribution in [0.1, 0.15) is 33.6 Å². The van der Waals surface area contributed by atoms with E-state index in [4.69, 9.17) is 0 Å². The molecule has 1 aromatic heterocycles. The molecule has 0 saturated heterocycles. The lowest BCUT2D eigenvalue weighted by Gasteiger charge is -2.10. The molecule has 0 aliphatic heterocycles. The van der Waals surface area contributed by atoms with Gasteiger partial charge in [0, 0.05) is 18.2 Å². The number of benzene rings is 1. The second kappa shape index (κ2) is 8.21. The average molecular weight is 423 g/mol. The highest BCUT2D eigenvalue weighted by Crippen LogP contribution is 2.26. The quantitative estimate of drug-likeness (QED) is 0.568. The molecular formula is C18H18FN3O4S2. The first kappa shape index (κ1) is 20.2. The Morgan fingerprint density at radius 1 is 1.25 bits per heavy atom. The number of hydrogen-bond donors (Lipinski definition) is 3. The minimum absolute atomic E-state index is 0.0534. The number of amides is 2. The van der Waals surface area contributed by atoms with Crippen LogP contribution < -0.4 is 15.4 Å². The highest BCUT2D eigenvalue weighted by Gasteiger charge is 2.26. The van der Waals surface area contributed by atoms with E-state index in [2.05, 4.69) is 21.9 Å². The van der Waals surface area contributed by atoms with E-state index >= 15 is 0 Å². The molecular weight excluding hydrogens is 405 g/mol. The van der Waals surface area contributed by atoms with Crippen LogP contribution in [0.3, 0.4) is 0 Å². The Morgan fingerprint density at radius 2 is 2.00 bits per heavy atom. The molecule has 10 heteroatoms. The topological polar surface area (TPSA) is 104 Å². The number of sulfonamides is 1. The molecule has 3 N–H and O–H groups in total. The van der Waals surface area contributed by atoms with Gasteiger partial charge in [-0.1, -0.05) is 6.08 Å². The minimum Gasteiger partial charge on any atom is -0.349 e. The van der Waals surface area contributed by atoms with Crippen molar-refractivity contribution in [2.24, 2.45) is 0 Å². The van der Waals surface area contributed by atoms with Gasteiger partial charge in [0.1, 0.15) is 15.7 Å². The molecule has 2 amide bonds. The summed E-state index contributed by atoms with van der Waals surface area (Å²) in [5.74, 6) is -1.91. The van der Waals surface area contributed by atoms with Crippen LogP contribution in [0.4, 0.5) is 9.39 Å². The van der Waals surface area contributed by atoms with Gasteiger partial charge >= 0.3 is 0 Å². The highest BCUT2D eigenvalue weighted by atomic mass is 32.2. The molecule has 1 aliphatic rings. The molecule has 1 fully saturated rings. The number of carbonyl (C=O) groups is 2. The van der Waals surface area contributed by atoms with Crippen molar-refractivity contribution in [1.82, 2.24) is 10.0 Å². The summed E-state index contributed by atoms with van der Waals surface area (Å²) in [6, 6.07) is 4.80. The summed E-state index contributed by atoms with van der Waals surface area (Å²) in [5.41, 5.74) is 0.273. The maximum atomic E-state index is 14.0. The maximum absolute atomic E-state index is 14.0. The van der Waals surface area contributed by atoms with Gasteiger partial charge in [-0.2, -0.15) is 0 Å². The molecule has 1 aliphatic carbocycles. The van der Waals surface area contributed by atoms with E-state index in [9.17, 15) is 22.4 Å². The summed E-state index contributed by atoms with van der Waals surface area (Å²) < 4.78 is 40.5. The largest absolute Gasteiger partial charge is 0.349 e. The lowest BCUT2D eigenvalue weighted by molar-refractivity contribution is 0.0952. The zero-order chi connectivity index (χ0) is 20.3. The molecule has 148 valence electrons. The van der Waals surface area contributed by atoms with Gasteiger partial charge in [-0.05, 0) is 42.5 Å². The Kier molecular flexibility index (Phi) is 5.92. The van der Waals surface area contributed by atoms with E-state index in [-0.39, 0.29) is 24.1 Å². The average Bonchev–Trinajstić information content (AvgIpc) is 3.35. The zero-order valence-corrected chi connectivity index (χ0v) is 16.3. The van der Waals surface area contributed by atoms with Gasteiger partial charge in [0.25, 0.3) is 11.8 Å². The standard InChI is InChI=1S/C18H18FN3O4S2/c1-2-8-20-28(25,26)15-10-11(3-6-14(15)19)16(23)22-18-13(7-9-27-18)17(24)21-12-4-5-12/h2-3,6-7,9-10,12,20H,1,4-5,8H2,(H,21,24)(H,22,23). The van der Waals surface area contributed by atoms with Gasteiger partial charge in [-0.15, -0.1) is 17.9 Å². The number of hydrogen-bond acceptors (Lipinski definition) is 5. The maximum Gasteiger partial charge on any atom is 0.256 e.